The Labute approximate surface area is 188 Å². The van der Waals surface area contributed by atoms with Gasteiger partial charge in [0.25, 0.3) is 0 Å². The smallest absolute Gasteiger partial charge is 0.407 e. The summed E-state index contributed by atoms with van der Waals surface area (Å²) in [4.78, 5) is 12.4. The van der Waals surface area contributed by atoms with Crippen LogP contribution in [0.4, 0.5) is 4.79 Å². The molecule has 2 aliphatic rings. The summed E-state index contributed by atoms with van der Waals surface area (Å²) in [7, 11) is 0. The second kappa shape index (κ2) is 10.5. The third kappa shape index (κ3) is 7.06. The van der Waals surface area contributed by atoms with Crippen molar-refractivity contribution in [2.45, 2.75) is 111 Å². The molecule has 1 fully saturated rings. The number of unbranched alkanes of at least 4 members (excludes halogenated alkanes) is 3. The number of alkyl carbamates (subject to hydrolysis) is 1. The molecular weight excluding hydrogens is 394 g/mol. The Morgan fingerprint density at radius 3 is 2.35 bits per heavy atom. The van der Waals surface area contributed by atoms with Gasteiger partial charge in [-0.05, 0) is 33.6 Å². The molecule has 6 nitrogen and oxygen atoms in total. The van der Waals surface area contributed by atoms with E-state index < -0.39 is 29.6 Å². The van der Waals surface area contributed by atoms with Gasteiger partial charge in [0.15, 0.2) is 0 Å². The molecule has 1 heterocycles. The zero-order valence-electron chi connectivity index (χ0n) is 20.5. The maximum Gasteiger partial charge on any atom is 0.407 e. The molecule has 2 atom stereocenters. The fourth-order valence-electron chi connectivity index (χ4n) is 3.74. The van der Waals surface area contributed by atoms with Crippen LogP contribution in [0.3, 0.4) is 0 Å². The van der Waals surface area contributed by atoms with Gasteiger partial charge in [0, 0.05) is 16.6 Å². The minimum Gasteiger partial charge on any atom is -0.444 e. The van der Waals surface area contributed by atoms with Crippen LogP contribution in [-0.2, 0) is 14.2 Å². The summed E-state index contributed by atoms with van der Waals surface area (Å²) in [5, 5.41) is 14.2. The number of amides is 1. The average molecular weight is 438 g/mol. The summed E-state index contributed by atoms with van der Waals surface area (Å²) < 4.78 is 17.8. The molecule has 1 aliphatic carbocycles. The number of allylic oxidation sites excluding steroid dienone is 1. The second-order valence-corrected chi connectivity index (χ2v) is 10.6. The van der Waals surface area contributed by atoms with Crippen molar-refractivity contribution in [3.05, 3.63) is 23.3 Å². The first-order valence-corrected chi connectivity index (χ1v) is 11.8. The van der Waals surface area contributed by atoms with E-state index in [1.807, 2.05) is 26.8 Å². The van der Waals surface area contributed by atoms with Crippen LogP contribution in [0.5, 0.6) is 0 Å². The number of aliphatic hydroxyl groups excluding tert-OH is 1. The van der Waals surface area contributed by atoms with E-state index in [0.717, 1.165) is 43.3 Å². The summed E-state index contributed by atoms with van der Waals surface area (Å²) in [6.45, 7) is 15.0. The maximum absolute atomic E-state index is 12.4. The van der Waals surface area contributed by atoms with Gasteiger partial charge in [-0.2, -0.15) is 0 Å². The molecule has 1 saturated heterocycles. The van der Waals surface area contributed by atoms with Crippen LogP contribution in [0, 0.1) is 5.41 Å². The van der Waals surface area contributed by atoms with Crippen LogP contribution in [0.15, 0.2) is 23.3 Å². The minimum atomic E-state index is -0.961. The molecule has 31 heavy (non-hydrogen) atoms. The second-order valence-electron chi connectivity index (χ2n) is 10.6. The SMILES string of the molecule is CCCC/C=C\C1=C([C@H](O)[C@H](CCCC)NC(=O)OC(C)(C)C)C12OCC(C)(C)CO2. The predicted molar refractivity (Wildman–Crippen MR) is 123 cm³/mol. The Morgan fingerprint density at radius 2 is 1.81 bits per heavy atom. The van der Waals surface area contributed by atoms with Crippen LogP contribution in [-0.4, -0.2) is 47.9 Å². The van der Waals surface area contributed by atoms with Crippen molar-refractivity contribution in [2.24, 2.45) is 5.41 Å². The van der Waals surface area contributed by atoms with E-state index in [2.05, 4.69) is 39.1 Å². The van der Waals surface area contributed by atoms with Crippen molar-refractivity contribution < 1.29 is 24.1 Å². The third-order valence-electron chi connectivity index (χ3n) is 5.53. The zero-order valence-corrected chi connectivity index (χ0v) is 20.5. The number of ether oxygens (including phenoxy) is 3. The van der Waals surface area contributed by atoms with Crippen LogP contribution < -0.4 is 5.32 Å². The van der Waals surface area contributed by atoms with Crippen molar-refractivity contribution in [1.82, 2.24) is 5.32 Å². The molecule has 0 aromatic rings. The molecule has 2 N–H and O–H groups in total. The summed E-state index contributed by atoms with van der Waals surface area (Å²) in [6, 6.07) is -0.467. The Hall–Kier alpha value is -1.37. The lowest BCUT2D eigenvalue weighted by Gasteiger charge is -2.37. The van der Waals surface area contributed by atoms with Gasteiger partial charge in [0.05, 0.1) is 19.3 Å². The van der Waals surface area contributed by atoms with Gasteiger partial charge in [-0.1, -0.05) is 65.5 Å². The van der Waals surface area contributed by atoms with E-state index in [1.165, 1.54) is 0 Å². The molecule has 2 rings (SSSR count). The zero-order chi connectivity index (χ0) is 23.3. The first kappa shape index (κ1) is 25.9. The summed E-state index contributed by atoms with van der Waals surface area (Å²) in [6.07, 6.45) is 8.44. The fourth-order valence-corrected chi connectivity index (χ4v) is 3.74. The molecule has 6 heteroatoms. The van der Waals surface area contributed by atoms with Crippen molar-refractivity contribution in [1.29, 1.82) is 0 Å². The number of carbonyl (C=O) groups is 1. The van der Waals surface area contributed by atoms with E-state index >= 15 is 0 Å². The lowest BCUT2D eigenvalue weighted by molar-refractivity contribution is -0.236. The third-order valence-corrected chi connectivity index (χ3v) is 5.53. The van der Waals surface area contributed by atoms with Gasteiger partial charge in [0.2, 0.25) is 5.79 Å². The Kier molecular flexibility index (Phi) is 8.77. The molecule has 1 amide bonds. The molecule has 0 unspecified atom stereocenters. The quantitative estimate of drug-likeness (QED) is 0.456. The molecule has 0 bridgehead atoms. The Bertz CT molecular complexity index is 664. The van der Waals surface area contributed by atoms with E-state index in [9.17, 15) is 9.90 Å². The van der Waals surface area contributed by atoms with Gasteiger partial charge >= 0.3 is 6.09 Å². The number of aliphatic hydroxyl groups is 1. The largest absolute Gasteiger partial charge is 0.444 e. The van der Waals surface area contributed by atoms with Crippen LogP contribution in [0.1, 0.15) is 87.0 Å². The van der Waals surface area contributed by atoms with E-state index in [-0.39, 0.29) is 5.41 Å². The van der Waals surface area contributed by atoms with E-state index in [4.69, 9.17) is 14.2 Å². The predicted octanol–water partition coefficient (Wildman–Crippen LogP) is 5.26. The van der Waals surface area contributed by atoms with Gasteiger partial charge < -0.3 is 24.6 Å². The Morgan fingerprint density at radius 1 is 1.19 bits per heavy atom. The molecule has 0 aromatic heterocycles. The van der Waals surface area contributed by atoms with Crippen molar-refractivity contribution >= 4 is 6.09 Å². The number of nitrogens with one attached hydrogen (secondary N) is 1. The minimum absolute atomic E-state index is 0.0721. The van der Waals surface area contributed by atoms with Gasteiger partial charge in [-0.3, -0.25) is 0 Å². The highest BCUT2D eigenvalue weighted by Crippen LogP contribution is 2.54. The highest BCUT2D eigenvalue weighted by atomic mass is 16.7. The summed E-state index contributed by atoms with van der Waals surface area (Å²) >= 11 is 0. The standard InChI is InChI=1S/C25H43NO5/c1-8-10-12-13-14-18-20(25(18)29-16-24(6,7)17-30-25)21(27)19(15-11-9-2)26-22(28)31-23(3,4)5/h13-14,19,21,27H,8-12,15-17H2,1-7H3,(H,26,28)/b14-13-/t19-,21+/m0/s1. The van der Waals surface area contributed by atoms with E-state index in [0.29, 0.717) is 19.6 Å². The number of carbonyl (C=O) groups excluding carboxylic acids is 1. The van der Waals surface area contributed by atoms with Gasteiger partial charge in [-0.15, -0.1) is 0 Å². The summed E-state index contributed by atoms with van der Waals surface area (Å²) in [5.41, 5.74) is 0.947. The normalized spacial score (nSPS) is 21.9. The number of rotatable bonds is 10. The number of hydrogen-bond donors (Lipinski definition) is 2. The lowest BCUT2D eigenvalue weighted by atomic mass is 9.95. The molecule has 1 aliphatic heterocycles. The van der Waals surface area contributed by atoms with Crippen LogP contribution in [0.25, 0.3) is 0 Å². The molecule has 178 valence electrons. The fraction of sp³-hybridized carbons (Fsp3) is 0.800. The highest BCUT2D eigenvalue weighted by molar-refractivity contribution is 5.69. The first-order valence-electron chi connectivity index (χ1n) is 11.8. The van der Waals surface area contributed by atoms with Crippen molar-refractivity contribution in [3.8, 4) is 0 Å². The lowest BCUT2D eigenvalue weighted by Crippen LogP contribution is -2.48. The van der Waals surface area contributed by atoms with Crippen LogP contribution in [0.2, 0.25) is 0 Å². The molecule has 0 radical (unpaired) electrons. The number of hydrogen-bond acceptors (Lipinski definition) is 5. The average Bonchev–Trinajstić information content (AvgIpc) is 3.29. The van der Waals surface area contributed by atoms with Crippen molar-refractivity contribution in [3.63, 3.8) is 0 Å². The molecular formula is C25H43NO5. The molecule has 0 saturated carbocycles. The topological polar surface area (TPSA) is 77.0 Å². The highest BCUT2D eigenvalue weighted by Gasteiger charge is 2.61. The monoisotopic (exact) mass is 437 g/mol. The first-order chi connectivity index (χ1) is 14.5. The maximum atomic E-state index is 12.4. The molecule has 0 aromatic carbocycles. The van der Waals surface area contributed by atoms with Crippen molar-refractivity contribution in [2.75, 3.05) is 13.2 Å². The van der Waals surface area contributed by atoms with Gasteiger partial charge in [-0.25, -0.2) is 4.79 Å². The Balaban J connectivity index is 2.20. The summed E-state index contributed by atoms with van der Waals surface area (Å²) in [5.74, 6) is -0.961. The van der Waals surface area contributed by atoms with Crippen LogP contribution >= 0.6 is 0 Å². The van der Waals surface area contributed by atoms with E-state index in [1.54, 1.807) is 0 Å². The van der Waals surface area contributed by atoms with Gasteiger partial charge in [0.1, 0.15) is 11.7 Å². The molecule has 1 spiro atoms.